The van der Waals surface area contributed by atoms with Gasteiger partial charge >= 0.3 is 0 Å². The zero-order chi connectivity index (χ0) is 12.5. The van der Waals surface area contributed by atoms with E-state index in [1.807, 2.05) is 11.8 Å². The van der Waals surface area contributed by atoms with E-state index in [4.69, 9.17) is 0 Å². The van der Waals surface area contributed by atoms with Gasteiger partial charge in [-0.1, -0.05) is 0 Å². The number of Topliss-reactive ketones (excluding diaryl/α,β-unsaturated/α-hetero) is 1. The highest BCUT2D eigenvalue weighted by Gasteiger charge is 2.41. The molecule has 0 spiro atoms. The van der Waals surface area contributed by atoms with Crippen molar-refractivity contribution in [2.75, 3.05) is 16.8 Å². The zero-order valence-electron chi connectivity index (χ0n) is 9.76. The standard InChI is InChI=1S/C11H14N4O2S/c16-10-7-1-6(2-8(10)5-18-4-7)11(17)13-9-3-12-15-14-9/h3,6-8H,1-2,4-5H2,(H2,12,13,14,15,17). The molecule has 2 bridgehead atoms. The molecule has 1 amide bonds. The molecule has 1 saturated carbocycles. The molecule has 0 aromatic carbocycles. The van der Waals surface area contributed by atoms with E-state index in [9.17, 15) is 9.59 Å². The van der Waals surface area contributed by atoms with Crippen molar-refractivity contribution < 1.29 is 9.59 Å². The third-order valence-corrected chi connectivity index (χ3v) is 4.89. The number of aromatic amines is 1. The van der Waals surface area contributed by atoms with Crippen LogP contribution in [0.2, 0.25) is 0 Å². The Morgan fingerprint density at radius 1 is 1.39 bits per heavy atom. The lowest BCUT2D eigenvalue weighted by molar-refractivity contribution is -0.132. The molecule has 2 atom stereocenters. The molecule has 1 aliphatic heterocycles. The Kier molecular flexibility index (Phi) is 3.07. The summed E-state index contributed by atoms with van der Waals surface area (Å²) < 4.78 is 0. The van der Waals surface area contributed by atoms with Crippen LogP contribution >= 0.6 is 11.8 Å². The summed E-state index contributed by atoms with van der Waals surface area (Å²) in [4.78, 5) is 24.0. The van der Waals surface area contributed by atoms with Gasteiger partial charge in [0.25, 0.3) is 0 Å². The van der Waals surface area contributed by atoms with E-state index in [1.54, 1.807) is 0 Å². The minimum atomic E-state index is -0.0738. The second kappa shape index (κ2) is 4.72. The van der Waals surface area contributed by atoms with Crippen LogP contribution < -0.4 is 5.32 Å². The van der Waals surface area contributed by atoms with Crippen molar-refractivity contribution in [2.45, 2.75) is 12.8 Å². The molecule has 2 aliphatic rings. The number of thioether (sulfide) groups is 1. The summed E-state index contributed by atoms with van der Waals surface area (Å²) in [5.74, 6) is 2.54. The number of amides is 1. The number of H-pyrrole nitrogens is 1. The Bertz CT molecular complexity index is 446. The molecular formula is C11H14N4O2S. The number of anilines is 1. The minimum absolute atomic E-state index is 0.0432. The predicted octanol–water partition coefficient (Wildman–Crippen LogP) is 0.701. The number of hydrogen-bond donors (Lipinski definition) is 2. The highest BCUT2D eigenvalue weighted by atomic mass is 32.2. The van der Waals surface area contributed by atoms with E-state index < -0.39 is 0 Å². The van der Waals surface area contributed by atoms with Crippen LogP contribution in [-0.2, 0) is 9.59 Å². The van der Waals surface area contributed by atoms with Gasteiger partial charge in [-0.25, -0.2) is 0 Å². The third kappa shape index (κ3) is 2.14. The summed E-state index contributed by atoms with van der Waals surface area (Å²) in [5, 5.41) is 12.6. The number of rotatable bonds is 2. The highest BCUT2D eigenvalue weighted by Crippen LogP contribution is 2.38. The zero-order valence-corrected chi connectivity index (χ0v) is 10.6. The lowest BCUT2D eigenvalue weighted by atomic mass is 9.75. The Morgan fingerprint density at radius 3 is 2.72 bits per heavy atom. The number of hydrogen-bond acceptors (Lipinski definition) is 5. The maximum absolute atomic E-state index is 12.1. The van der Waals surface area contributed by atoms with Gasteiger partial charge < -0.3 is 5.32 Å². The maximum atomic E-state index is 12.1. The maximum Gasteiger partial charge on any atom is 0.228 e. The van der Waals surface area contributed by atoms with Crippen LogP contribution in [0.1, 0.15) is 12.8 Å². The van der Waals surface area contributed by atoms with Gasteiger partial charge in [-0.15, -0.1) is 5.10 Å². The second-order valence-corrected chi connectivity index (χ2v) is 5.92. The van der Waals surface area contributed by atoms with Crippen LogP contribution in [0.4, 0.5) is 5.82 Å². The van der Waals surface area contributed by atoms with E-state index in [-0.39, 0.29) is 23.7 Å². The summed E-state index contributed by atoms with van der Waals surface area (Å²) in [5.41, 5.74) is 0. The first kappa shape index (κ1) is 11.7. The van der Waals surface area contributed by atoms with Gasteiger partial charge in [0.1, 0.15) is 5.78 Å². The molecule has 18 heavy (non-hydrogen) atoms. The van der Waals surface area contributed by atoms with Crippen LogP contribution in [0.5, 0.6) is 0 Å². The SMILES string of the molecule is O=C(Nc1cn[nH]n1)C1CC2CSCC(C1)C2=O. The smallest absolute Gasteiger partial charge is 0.228 e. The number of carbonyl (C=O) groups is 2. The number of fused-ring (bicyclic) bond motifs is 2. The van der Waals surface area contributed by atoms with Gasteiger partial charge in [-0.05, 0) is 12.8 Å². The average molecular weight is 266 g/mol. The molecule has 2 N–H and O–H groups in total. The number of nitrogens with one attached hydrogen (secondary N) is 2. The Hall–Kier alpha value is -1.37. The number of ketones is 1. The Morgan fingerprint density at radius 2 is 2.11 bits per heavy atom. The number of nitrogens with zero attached hydrogens (tertiary/aromatic N) is 2. The van der Waals surface area contributed by atoms with Crippen molar-refractivity contribution >= 4 is 29.3 Å². The van der Waals surface area contributed by atoms with Gasteiger partial charge in [0.15, 0.2) is 5.82 Å². The van der Waals surface area contributed by atoms with Crippen LogP contribution in [0.3, 0.4) is 0 Å². The fraction of sp³-hybridized carbons (Fsp3) is 0.636. The lowest BCUT2D eigenvalue weighted by Gasteiger charge is -2.36. The first-order valence-electron chi connectivity index (χ1n) is 6.02. The summed E-state index contributed by atoms with van der Waals surface area (Å²) >= 11 is 1.83. The van der Waals surface area contributed by atoms with E-state index in [1.165, 1.54) is 6.20 Å². The molecular weight excluding hydrogens is 252 g/mol. The van der Waals surface area contributed by atoms with E-state index in [2.05, 4.69) is 20.7 Å². The fourth-order valence-corrected chi connectivity index (χ4v) is 4.01. The molecule has 1 saturated heterocycles. The van der Waals surface area contributed by atoms with Crippen LogP contribution in [0, 0.1) is 17.8 Å². The molecule has 1 aromatic rings. The molecule has 3 rings (SSSR count). The molecule has 0 radical (unpaired) electrons. The summed E-state index contributed by atoms with van der Waals surface area (Å²) in [7, 11) is 0. The molecule has 7 heteroatoms. The third-order valence-electron chi connectivity index (χ3n) is 3.62. The van der Waals surface area contributed by atoms with Crippen molar-refractivity contribution in [2.24, 2.45) is 17.8 Å². The Balaban J connectivity index is 1.66. The van der Waals surface area contributed by atoms with Crippen LogP contribution in [-0.4, -0.2) is 38.6 Å². The van der Waals surface area contributed by atoms with E-state index >= 15 is 0 Å². The first-order valence-corrected chi connectivity index (χ1v) is 7.17. The molecule has 96 valence electrons. The fourth-order valence-electron chi connectivity index (χ4n) is 2.71. The summed E-state index contributed by atoms with van der Waals surface area (Å²) in [6, 6.07) is 0. The topological polar surface area (TPSA) is 87.7 Å². The summed E-state index contributed by atoms with van der Waals surface area (Å²) in [6.07, 6.45) is 2.82. The van der Waals surface area contributed by atoms with Crippen LogP contribution in [0.15, 0.2) is 6.20 Å². The first-order chi connectivity index (χ1) is 8.74. The van der Waals surface area contributed by atoms with Crippen LogP contribution in [0.25, 0.3) is 0 Å². The monoisotopic (exact) mass is 266 g/mol. The van der Waals surface area contributed by atoms with E-state index in [0.717, 1.165) is 11.5 Å². The normalized spacial score (nSPS) is 31.1. The van der Waals surface area contributed by atoms with Crippen molar-refractivity contribution in [1.29, 1.82) is 0 Å². The Labute approximate surface area is 108 Å². The molecule has 1 aliphatic carbocycles. The average Bonchev–Trinajstić information content (AvgIpc) is 2.81. The molecule has 2 fully saturated rings. The molecule has 2 heterocycles. The van der Waals surface area contributed by atoms with Crippen molar-refractivity contribution in [1.82, 2.24) is 15.4 Å². The van der Waals surface area contributed by atoms with Gasteiger partial charge in [-0.2, -0.15) is 22.1 Å². The van der Waals surface area contributed by atoms with Gasteiger partial charge in [-0.3, -0.25) is 9.59 Å². The van der Waals surface area contributed by atoms with Crippen molar-refractivity contribution in [3.63, 3.8) is 0 Å². The molecule has 6 nitrogen and oxygen atoms in total. The van der Waals surface area contributed by atoms with Crippen molar-refractivity contribution in [3.8, 4) is 0 Å². The van der Waals surface area contributed by atoms with Gasteiger partial charge in [0.2, 0.25) is 5.91 Å². The highest BCUT2D eigenvalue weighted by molar-refractivity contribution is 7.99. The van der Waals surface area contributed by atoms with E-state index in [0.29, 0.717) is 24.4 Å². The van der Waals surface area contributed by atoms with Gasteiger partial charge in [0, 0.05) is 29.3 Å². The molecule has 1 aromatic heterocycles. The molecule has 2 unspecified atom stereocenters. The number of aromatic nitrogens is 3. The predicted molar refractivity (Wildman–Crippen MR) is 67.0 cm³/mol. The summed E-state index contributed by atoms with van der Waals surface area (Å²) in [6.45, 7) is 0. The van der Waals surface area contributed by atoms with Crippen molar-refractivity contribution in [3.05, 3.63) is 6.20 Å². The quantitative estimate of drug-likeness (QED) is 0.822. The minimum Gasteiger partial charge on any atom is -0.308 e. The van der Waals surface area contributed by atoms with Gasteiger partial charge in [0.05, 0.1) is 6.20 Å². The largest absolute Gasteiger partial charge is 0.308 e. The number of carbonyl (C=O) groups excluding carboxylic acids is 2. The lowest BCUT2D eigenvalue weighted by Crippen LogP contribution is -2.42. The second-order valence-electron chi connectivity index (χ2n) is 4.85.